The van der Waals surface area contributed by atoms with Crippen LogP contribution in [0.5, 0.6) is 0 Å². The smallest absolute Gasteiger partial charge is 0.418 e. The average molecular weight is 361 g/mol. The molecule has 23 heavy (non-hydrogen) atoms. The molecule has 0 aromatic heterocycles. The summed E-state index contributed by atoms with van der Waals surface area (Å²) in [6, 6.07) is 0. The van der Waals surface area contributed by atoms with Gasteiger partial charge < -0.3 is 43.9 Å². The molecular formula is C10H25B2F8N3. The number of quaternary nitrogens is 2. The minimum atomic E-state index is -6.00. The van der Waals surface area contributed by atoms with Gasteiger partial charge in [-0.1, -0.05) is 0 Å². The van der Waals surface area contributed by atoms with Gasteiger partial charge >= 0.3 is 14.5 Å². The van der Waals surface area contributed by atoms with Crippen LogP contribution in [0.25, 0.3) is 0 Å². The predicted molar refractivity (Wildman–Crippen MR) is 76.3 cm³/mol. The van der Waals surface area contributed by atoms with Crippen LogP contribution in [0.15, 0.2) is 0 Å². The van der Waals surface area contributed by atoms with E-state index >= 15 is 0 Å². The van der Waals surface area contributed by atoms with E-state index in [-0.39, 0.29) is 0 Å². The van der Waals surface area contributed by atoms with Gasteiger partial charge in [-0.25, -0.2) is 0 Å². The SMILES string of the molecule is C[N+]12CCN(CC1)CC2.C[NH+](C)C.F[B-](F)(F)F.F[B-](F)(F)F. The molecule has 0 aromatic carbocycles. The molecule has 0 aromatic rings. The van der Waals surface area contributed by atoms with Crippen molar-refractivity contribution < 1.29 is 43.9 Å². The molecule has 1 N–H and O–H groups in total. The first-order valence-corrected chi connectivity index (χ1v) is 7.09. The number of halogens is 8. The maximum atomic E-state index is 9.75. The highest BCUT2D eigenvalue weighted by molar-refractivity contribution is 6.50. The Morgan fingerprint density at radius 1 is 0.696 bits per heavy atom. The third-order valence-corrected chi connectivity index (χ3v) is 2.87. The Kier molecular flexibility index (Phi) is 11.1. The van der Waals surface area contributed by atoms with Gasteiger partial charge in [0.15, 0.2) is 0 Å². The van der Waals surface area contributed by atoms with Gasteiger partial charge in [-0.2, -0.15) is 0 Å². The zero-order valence-corrected chi connectivity index (χ0v) is 13.8. The molecule has 3 heterocycles. The summed E-state index contributed by atoms with van der Waals surface area (Å²) in [5.41, 5.74) is 0. The lowest BCUT2D eigenvalue weighted by Crippen LogP contribution is -3.02. The Hall–Kier alpha value is -0.550. The monoisotopic (exact) mass is 361 g/mol. The van der Waals surface area contributed by atoms with Crippen molar-refractivity contribution >= 4 is 14.5 Å². The number of nitrogens with zero attached hydrogens (tertiary/aromatic N) is 2. The number of piperazine rings is 3. The number of rotatable bonds is 0. The molecule has 13 heteroatoms. The summed E-state index contributed by atoms with van der Waals surface area (Å²) in [4.78, 5) is 3.99. The molecule has 3 nitrogen and oxygen atoms in total. The molecule has 3 aliphatic heterocycles. The van der Waals surface area contributed by atoms with Crippen LogP contribution in [0.4, 0.5) is 34.5 Å². The van der Waals surface area contributed by atoms with E-state index < -0.39 is 14.5 Å². The minimum absolute atomic E-state index is 1.34. The number of nitrogens with one attached hydrogen (secondary N) is 1. The lowest BCUT2D eigenvalue weighted by atomic mass is 10.2. The van der Waals surface area contributed by atoms with Crippen LogP contribution in [-0.4, -0.2) is 91.4 Å². The third-order valence-electron chi connectivity index (χ3n) is 2.87. The Morgan fingerprint density at radius 2 is 0.870 bits per heavy atom. The molecule has 142 valence electrons. The highest BCUT2D eigenvalue weighted by Crippen LogP contribution is 2.15. The van der Waals surface area contributed by atoms with Crippen LogP contribution in [-0.2, 0) is 0 Å². The first kappa shape index (κ1) is 24.7. The topological polar surface area (TPSA) is 7.68 Å². The van der Waals surface area contributed by atoms with Crippen LogP contribution in [0, 0.1) is 0 Å². The van der Waals surface area contributed by atoms with E-state index in [4.69, 9.17) is 0 Å². The molecule has 3 saturated heterocycles. The number of likely N-dealkylation sites (N-methyl/N-ethyl adjacent to an activating group) is 1. The standard InChI is InChI=1S/C7H15N2.C3H9N.2BF4/c1-9-5-2-8(3-6-9)4-7-9;1-4(2)3;2*2-1(3,4)5/h2-7H2,1H3;1-3H3;;/q+1;;2*-1/p+1. The normalized spacial score (nSPS) is 26.2. The van der Waals surface area contributed by atoms with Crippen molar-refractivity contribution in [2.24, 2.45) is 0 Å². The molecule has 0 saturated carbocycles. The highest BCUT2D eigenvalue weighted by Gasteiger charge is 2.34. The first-order chi connectivity index (χ1) is 10.0. The maximum absolute atomic E-state index is 9.75. The second-order valence-corrected chi connectivity index (χ2v) is 6.12. The van der Waals surface area contributed by atoms with E-state index in [2.05, 4.69) is 33.1 Å². The van der Waals surface area contributed by atoms with Crippen molar-refractivity contribution in [2.75, 3.05) is 67.5 Å². The van der Waals surface area contributed by atoms with E-state index in [0.717, 1.165) is 0 Å². The fourth-order valence-electron chi connectivity index (χ4n) is 1.82. The molecule has 0 radical (unpaired) electrons. The van der Waals surface area contributed by atoms with E-state index in [0.29, 0.717) is 0 Å². The van der Waals surface area contributed by atoms with Gasteiger partial charge in [-0.05, 0) is 0 Å². The number of hydrogen-bond donors (Lipinski definition) is 1. The summed E-state index contributed by atoms with van der Waals surface area (Å²) in [5, 5.41) is 0. The van der Waals surface area contributed by atoms with Crippen molar-refractivity contribution in [3.8, 4) is 0 Å². The molecule has 2 bridgehead atoms. The molecule has 3 rings (SSSR count). The Balaban J connectivity index is 0. The molecule has 3 aliphatic rings. The molecule has 3 fully saturated rings. The minimum Gasteiger partial charge on any atom is -0.418 e. The van der Waals surface area contributed by atoms with Crippen molar-refractivity contribution in [3.63, 3.8) is 0 Å². The van der Waals surface area contributed by atoms with Gasteiger partial charge in [0, 0.05) is 19.6 Å². The molecular weight excluding hydrogens is 336 g/mol. The van der Waals surface area contributed by atoms with Gasteiger partial charge in [0.05, 0.1) is 47.8 Å². The summed E-state index contributed by atoms with van der Waals surface area (Å²) in [7, 11) is -3.36. The van der Waals surface area contributed by atoms with Gasteiger partial charge in [-0.15, -0.1) is 0 Å². The van der Waals surface area contributed by atoms with Gasteiger partial charge in [-0.3, -0.25) is 4.90 Å². The van der Waals surface area contributed by atoms with Crippen LogP contribution in [0.1, 0.15) is 0 Å². The number of hydrogen-bond acceptors (Lipinski definition) is 1. The quantitative estimate of drug-likeness (QED) is 0.386. The largest absolute Gasteiger partial charge is 0.673 e. The van der Waals surface area contributed by atoms with Crippen molar-refractivity contribution in [1.82, 2.24) is 4.90 Å². The maximum Gasteiger partial charge on any atom is 0.673 e. The summed E-state index contributed by atoms with van der Waals surface area (Å²) in [6.45, 7) is 8.20. The highest BCUT2D eigenvalue weighted by atomic mass is 19.5. The molecule has 0 spiro atoms. The lowest BCUT2D eigenvalue weighted by molar-refractivity contribution is -0.922. The second kappa shape index (κ2) is 10.3. The molecule has 0 unspecified atom stereocenters. The van der Waals surface area contributed by atoms with E-state index in [1.165, 1.54) is 48.7 Å². The predicted octanol–water partition coefficient (Wildman–Crippen LogP) is 1.12. The fourth-order valence-corrected chi connectivity index (χ4v) is 1.82. The van der Waals surface area contributed by atoms with Crippen molar-refractivity contribution in [1.29, 1.82) is 0 Å². The summed E-state index contributed by atoms with van der Waals surface area (Å²) in [6.07, 6.45) is 0. The summed E-state index contributed by atoms with van der Waals surface area (Å²) in [5.74, 6) is 0. The van der Waals surface area contributed by atoms with Gasteiger partial charge in [0.2, 0.25) is 0 Å². The lowest BCUT2D eigenvalue weighted by Gasteiger charge is -2.48. The zero-order valence-electron chi connectivity index (χ0n) is 13.8. The van der Waals surface area contributed by atoms with Crippen LogP contribution < -0.4 is 4.90 Å². The third kappa shape index (κ3) is 26.6. The van der Waals surface area contributed by atoms with E-state index in [9.17, 15) is 34.5 Å². The average Bonchev–Trinajstić information content (AvgIpc) is 2.24. The van der Waals surface area contributed by atoms with Gasteiger partial charge in [0.25, 0.3) is 0 Å². The Labute approximate surface area is 132 Å². The first-order valence-electron chi connectivity index (χ1n) is 7.09. The van der Waals surface area contributed by atoms with E-state index in [1.807, 2.05) is 0 Å². The van der Waals surface area contributed by atoms with Crippen molar-refractivity contribution in [2.45, 2.75) is 0 Å². The summed E-state index contributed by atoms with van der Waals surface area (Å²) >= 11 is 0. The van der Waals surface area contributed by atoms with Crippen LogP contribution in [0.3, 0.4) is 0 Å². The molecule has 0 atom stereocenters. The van der Waals surface area contributed by atoms with Gasteiger partial charge in [0.1, 0.15) is 0 Å². The Morgan fingerprint density at radius 3 is 0.957 bits per heavy atom. The molecule has 0 aliphatic carbocycles. The van der Waals surface area contributed by atoms with Crippen molar-refractivity contribution in [3.05, 3.63) is 0 Å². The van der Waals surface area contributed by atoms with E-state index in [1.54, 1.807) is 0 Å². The molecule has 0 amide bonds. The zero-order chi connectivity index (χ0) is 18.9. The van der Waals surface area contributed by atoms with Crippen LogP contribution >= 0.6 is 0 Å². The second-order valence-electron chi connectivity index (χ2n) is 6.12. The fraction of sp³-hybridized carbons (Fsp3) is 1.00. The Bertz CT molecular complexity index is 263. The van der Waals surface area contributed by atoms with Crippen LogP contribution in [0.2, 0.25) is 0 Å². The number of fused-ring (bicyclic) bond motifs is 3. The summed E-state index contributed by atoms with van der Waals surface area (Å²) < 4.78 is 79.3.